The summed E-state index contributed by atoms with van der Waals surface area (Å²) >= 11 is 1.73. The minimum Gasteiger partial charge on any atom is -0.475 e. The lowest BCUT2D eigenvalue weighted by Gasteiger charge is -2.33. The van der Waals surface area contributed by atoms with Crippen molar-refractivity contribution in [3.05, 3.63) is 64.4 Å². The van der Waals surface area contributed by atoms with Gasteiger partial charge in [-0.2, -0.15) is 26.3 Å². The number of nitrogens with zero attached hydrogens (tertiary/aromatic N) is 5. The van der Waals surface area contributed by atoms with Crippen LogP contribution < -0.4 is 0 Å². The van der Waals surface area contributed by atoms with E-state index in [9.17, 15) is 26.3 Å². The molecule has 0 bridgehead atoms. The zero-order valence-electron chi connectivity index (χ0n) is 20.2. The fourth-order valence-corrected chi connectivity index (χ4v) is 3.98. The van der Waals surface area contributed by atoms with E-state index in [2.05, 4.69) is 29.8 Å². The molecule has 0 aliphatic carbocycles. The minimum absolute atomic E-state index is 0.260. The number of carbonyl (C=O) groups is 2. The van der Waals surface area contributed by atoms with Crippen LogP contribution in [0.3, 0.4) is 0 Å². The monoisotopic (exact) mass is 583 g/mol. The third-order valence-corrected chi connectivity index (χ3v) is 5.74. The van der Waals surface area contributed by atoms with E-state index in [0.29, 0.717) is 13.2 Å². The predicted molar refractivity (Wildman–Crippen MR) is 124 cm³/mol. The van der Waals surface area contributed by atoms with Gasteiger partial charge in [-0.1, -0.05) is 6.07 Å². The first-order chi connectivity index (χ1) is 18.2. The molecule has 3 aromatic rings. The van der Waals surface area contributed by atoms with Crippen molar-refractivity contribution >= 4 is 23.3 Å². The highest BCUT2D eigenvalue weighted by molar-refractivity contribution is 7.09. The smallest absolute Gasteiger partial charge is 0.475 e. The Hall–Kier alpha value is -3.57. The molecule has 0 amide bonds. The van der Waals surface area contributed by atoms with E-state index >= 15 is 0 Å². The molecule has 214 valence electrons. The molecule has 4 rings (SSSR count). The van der Waals surface area contributed by atoms with E-state index in [4.69, 9.17) is 24.5 Å². The summed E-state index contributed by atoms with van der Waals surface area (Å²) in [7, 11) is 0. The SMILES string of the molecule is Cc1csc(CN2Cc3cncn3C(COCc3ccccn3)C2)n1.O=C(O)C(F)(F)F.O=C(O)C(F)(F)F. The average molecular weight is 584 g/mol. The summed E-state index contributed by atoms with van der Waals surface area (Å²) in [6.45, 7) is 5.93. The third-order valence-electron chi connectivity index (χ3n) is 4.79. The number of hydrogen-bond donors (Lipinski definition) is 2. The van der Waals surface area contributed by atoms with Gasteiger partial charge in [0, 0.05) is 36.6 Å². The van der Waals surface area contributed by atoms with E-state index in [-0.39, 0.29) is 6.04 Å². The van der Waals surface area contributed by atoms with Crippen LogP contribution in [0, 0.1) is 6.92 Å². The predicted octanol–water partition coefficient (Wildman–Crippen LogP) is 4.08. The van der Waals surface area contributed by atoms with Crippen molar-refractivity contribution in [3.63, 3.8) is 0 Å². The van der Waals surface area contributed by atoms with Gasteiger partial charge in [-0.05, 0) is 19.1 Å². The molecule has 4 heterocycles. The molecular weight excluding hydrogens is 560 g/mol. The second-order valence-electron chi connectivity index (χ2n) is 7.94. The number of pyridine rings is 1. The van der Waals surface area contributed by atoms with Crippen molar-refractivity contribution in [1.29, 1.82) is 0 Å². The lowest BCUT2D eigenvalue weighted by Crippen LogP contribution is -2.38. The summed E-state index contributed by atoms with van der Waals surface area (Å²) in [6, 6.07) is 6.15. The molecule has 0 saturated carbocycles. The standard InChI is InChI=1S/C18H21N5OS.2C2HF3O2/c1-14-12-25-18(21-14)9-22-7-16-6-19-13-23(16)17(8-22)11-24-10-15-4-2-3-5-20-15;2*3-2(4,5)1(6)7/h2-6,12-13,17H,7-11H2,1H3;2*(H,6,7). The molecule has 0 radical (unpaired) electrons. The maximum absolute atomic E-state index is 10.6. The molecular formula is C22H23F6N5O5S. The zero-order valence-corrected chi connectivity index (χ0v) is 21.0. The first-order valence-corrected chi connectivity index (χ1v) is 11.8. The Balaban J connectivity index is 0.000000317. The molecule has 3 aromatic heterocycles. The number of aryl methyl sites for hydroxylation is 1. The summed E-state index contributed by atoms with van der Waals surface area (Å²) in [5, 5.41) is 17.5. The number of hydrogen-bond acceptors (Lipinski definition) is 8. The Kier molecular flexibility index (Phi) is 11.4. The van der Waals surface area contributed by atoms with Gasteiger partial charge in [-0.25, -0.2) is 19.6 Å². The molecule has 2 N–H and O–H groups in total. The molecule has 0 aromatic carbocycles. The molecule has 1 unspecified atom stereocenters. The fourth-order valence-electron chi connectivity index (χ4n) is 3.17. The zero-order chi connectivity index (χ0) is 29.2. The molecule has 1 aliphatic rings. The van der Waals surface area contributed by atoms with Crippen molar-refractivity contribution in [2.45, 2.75) is 45.0 Å². The Bertz CT molecular complexity index is 1180. The summed E-state index contributed by atoms with van der Waals surface area (Å²) in [5.41, 5.74) is 3.28. The lowest BCUT2D eigenvalue weighted by atomic mass is 10.2. The molecule has 1 atom stereocenters. The normalized spacial score (nSPS) is 15.3. The van der Waals surface area contributed by atoms with Crippen LogP contribution in [0.15, 0.2) is 42.3 Å². The maximum Gasteiger partial charge on any atom is 0.490 e. The maximum atomic E-state index is 10.6. The fraction of sp³-hybridized carbons (Fsp3) is 0.409. The van der Waals surface area contributed by atoms with Crippen LogP contribution in [0.2, 0.25) is 0 Å². The quantitative estimate of drug-likeness (QED) is 0.412. The molecule has 39 heavy (non-hydrogen) atoms. The van der Waals surface area contributed by atoms with Crippen molar-refractivity contribution in [2.24, 2.45) is 0 Å². The number of fused-ring (bicyclic) bond motifs is 1. The molecule has 10 nitrogen and oxygen atoms in total. The largest absolute Gasteiger partial charge is 0.490 e. The van der Waals surface area contributed by atoms with E-state index in [1.165, 1.54) is 10.7 Å². The molecule has 17 heteroatoms. The summed E-state index contributed by atoms with van der Waals surface area (Å²) in [6.07, 6.45) is -4.51. The first-order valence-electron chi connectivity index (χ1n) is 10.9. The van der Waals surface area contributed by atoms with E-state index < -0.39 is 24.3 Å². The van der Waals surface area contributed by atoms with E-state index in [1.54, 1.807) is 17.5 Å². The van der Waals surface area contributed by atoms with Crippen molar-refractivity contribution in [1.82, 2.24) is 24.4 Å². The highest BCUT2D eigenvalue weighted by Crippen LogP contribution is 2.24. The lowest BCUT2D eigenvalue weighted by molar-refractivity contribution is -0.193. The molecule has 1 aliphatic heterocycles. The molecule has 0 fully saturated rings. The van der Waals surface area contributed by atoms with Crippen molar-refractivity contribution in [2.75, 3.05) is 13.2 Å². The summed E-state index contributed by atoms with van der Waals surface area (Å²) in [4.78, 5) is 33.4. The van der Waals surface area contributed by atoms with Gasteiger partial charge in [0.15, 0.2) is 0 Å². The van der Waals surface area contributed by atoms with Crippen LogP contribution >= 0.6 is 11.3 Å². The third kappa shape index (κ3) is 11.0. The van der Waals surface area contributed by atoms with Crippen LogP contribution in [0.5, 0.6) is 0 Å². The number of aromatic nitrogens is 4. The molecule has 0 saturated heterocycles. The average Bonchev–Trinajstić information content (AvgIpc) is 3.48. The Morgan fingerprint density at radius 2 is 1.77 bits per heavy atom. The van der Waals surface area contributed by atoms with Gasteiger partial charge >= 0.3 is 24.3 Å². The first kappa shape index (κ1) is 31.6. The highest BCUT2D eigenvalue weighted by atomic mass is 32.1. The van der Waals surface area contributed by atoms with Gasteiger partial charge in [0.2, 0.25) is 0 Å². The Morgan fingerprint density at radius 1 is 1.13 bits per heavy atom. The number of alkyl halides is 6. The van der Waals surface area contributed by atoms with Crippen LogP contribution in [0.25, 0.3) is 0 Å². The minimum atomic E-state index is -5.08. The number of imidazole rings is 1. The number of carboxylic acids is 2. The van der Waals surface area contributed by atoms with Gasteiger partial charge in [0.05, 0.1) is 43.5 Å². The van der Waals surface area contributed by atoms with Gasteiger partial charge in [-0.15, -0.1) is 11.3 Å². The van der Waals surface area contributed by atoms with E-state index in [1.807, 2.05) is 37.6 Å². The number of halogens is 6. The van der Waals surface area contributed by atoms with Crippen LogP contribution in [-0.4, -0.2) is 72.1 Å². The number of carboxylic acid groups (broad SMARTS) is 2. The van der Waals surface area contributed by atoms with Crippen LogP contribution in [0.4, 0.5) is 26.3 Å². The summed E-state index contributed by atoms with van der Waals surface area (Å²) in [5.74, 6) is -5.51. The number of rotatable bonds is 6. The van der Waals surface area contributed by atoms with E-state index in [0.717, 1.165) is 31.0 Å². The van der Waals surface area contributed by atoms with Crippen LogP contribution in [-0.2, 0) is 34.0 Å². The van der Waals surface area contributed by atoms with Crippen molar-refractivity contribution < 1.29 is 50.9 Å². The van der Waals surface area contributed by atoms with Gasteiger partial charge in [0.1, 0.15) is 5.01 Å². The van der Waals surface area contributed by atoms with Gasteiger partial charge in [-0.3, -0.25) is 9.88 Å². The van der Waals surface area contributed by atoms with Gasteiger partial charge in [0.25, 0.3) is 0 Å². The second-order valence-corrected chi connectivity index (χ2v) is 8.88. The Labute approximate surface area is 221 Å². The highest BCUT2D eigenvalue weighted by Gasteiger charge is 2.38. The Morgan fingerprint density at radius 3 is 2.28 bits per heavy atom. The molecule has 0 spiro atoms. The topological polar surface area (TPSA) is 131 Å². The van der Waals surface area contributed by atoms with Crippen molar-refractivity contribution in [3.8, 4) is 0 Å². The number of ether oxygens (including phenoxy) is 1. The summed E-state index contributed by atoms with van der Waals surface area (Å²) < 4.78 is 71.6. The number of aliphatic carboxylic acids is 2. The number of thiazole rings is 1. The van der Waals surface area contributed by atoms with Gasteiger partial charge < -0.3 is 19.5 Å². The van der Waals surface area contributed by atoms with Crippen LogP contribution in [0.1, 0.15) is 28.1 Å². The second kappa shape index (κ2) is 14.0.